The summed E-state index contributed by atoms with van der Waals surface area (Å²) < 4.78 is 0. The van der Waals surface area contributed by atoms with Crippen LogP contribution in [0, 0.1) is 0 Å². The second-order valence-corrected chi connectivity index (χ2v) is 2.27. The summed E-state index contributed by atoms with van der Waals surface area (Å²) in [4.78, 5) is 13.1. The predicted octanol–water partition coefficient (Wildman–Crippen LogP) is 0.521. The summed E-state index contributed by atoms with van der Waals surface area (Å²) in [7, 11) is 0. The molecule has 2 N–H and O–H groups in total. The van der Waals surface area contributed by atoms with Crippen LogP contribution in [0.3, 0.4) is 0 Å². The highest BCUT2D eigenvalue weighted by atomic mass is 35.5. The van der Waals surface area contributed by atoms with E-state index < -0.39 is 0 Å². The molecule has 0 amide bonds. The van der Waals surface area contributed by atoms with Gasteiger partial charge in [-0.1, -0.05) is 11.6 Å². The Hall–Kier alpha value is -0.800. The molecule has 0 aliphatic rings. The molecular formula is C6H6ClNO2. The Bertz CT molecular complexity index is 281. The van der Waals surface area contributed by atoms with Gasteiger partial charge in [0, 0.05) is 11.8 Å². The topological polar surface area (TPSA) is 53.1 Å². The molecule has 0 bridgehead atoms. The number of hydrogen-bond donors (Lipinski definition) is 2. The second-order valence-electron chi connectivity index (χ2n) is 1.83. The van der Waals surface area contributed by atoms with E-state index in [1.165, 1.54) is 12.3 Å². The summed E-state index contributed by atoms with van der Waals surface area (Å²) >= 11 is 5.51. The maximum Gasteiger partial charge on any atom is 0.253 e. The molecule has 0 aromatic carbocycles. The minimum absolute atomic E-state index is 0.282. The molecule has 0 unspecified atom stereocenters. The first kappa shape index (κ1) is 7.31. The van der Waals surface area contributed by atoms with Gasteiger partial charge in [0.2, 0.25) is 0 Å². The zero-order valence-corrected chi connectivity index (χ0v) is 5.85. The minimum Gasteiger partial charge on any atom is -0.391 e. The van der Waals surface area contributed by atoms with Crippen molar-refractivity contribution in [2.45, 2.75) is 6.61 Å². The highest BCUT2D eigenvalue weighted by Gasteiger charge is 1.96. The van der Waals surface area contributed by atoms with Crippen LogP contribution < -0.4 is 5.56 Å². The number of H-pyrrole nitrogens is 1. The second kappa shape index (κ2) is 2.86. The van der Waals surface area contributed by atoms with Gasteiger partial charge in [0.15, 0.2) is 0 Å². The molecule has 0 aliphatic heterocycles. The van der Waals surface area contributed by atoms with E-state index in [4.69, 9.17) is 16.7 Å². The van der Waals surface area contributed by atoms with Gasteiger partial charge in [-0.3, -0.25) is 4.79 Å². The monoisotopic (exact) mass is 159 g/mol. The Morgan fingerprint density at radius 1 is 1.70 bits per heavy atom. The van der Waals surface area contributed by atoms with E-state index in [0.29, 0.717) is 5.02 Å². The van der Waals surface area contributed by atoms with Crippen LogP contribution in [0.5, 0.6) is 0 Å². The average molecular weight is 160 g/mol. The van der Waals surface area contributed by atoms with Gasteiger partial charge in [0.05, 0.1) is 11.6 Å². The van der Waals surface area contributed by atoms with Crippen molar-refractivity contribution in [1.29, 1.82) is 0 Å². The fourth-order valence-corrected chi connectivity index (χ4v) is 0.805. The van der Waals surface area contributed by atoms with Gasteiger partial charge in [-0.25, -0.2) is 0 Å². The van der Waals surface area contributed by atoms with Crippen LogP contribution in [-0.2, 0) is 6.61 Å². The van der Waals surface area contributed by atoms with E-state index in [-0.39, 0.29) is 17.7 Å². The van der Waals surface area contributed by atoms with Crippen molar-refractivity contribution in [1.82, 2.24) is 4.98 Å². The summed E-state index contributed by atoms with van der Waals surface area (Å²) in [5, 5.41) is 8.98. The van der Waals surface area contributed by atoms with Crippen LogP contribution in [0.15, 0.2) is 17.1 Å². The third kappa shape index (κ3) is 1.37. The Kier molecular flexibility index (Phi) is 2.09. The van der Waals surface area contributed by atoms with Crippen LogP contribution in [0.4, 0.5) is 0 Å². The van der Waals surface area contributed by atoms with Crippen molar-refractivity contribution in [2.75, 3.05) is 0 Å². The molecule has 1 rings (SSSR count). The van der Waals surface area contributed by atoms with Crippen LogP contribution in [-0.4, -0.2) is 10.1 Å². The number of rotatable bonds is 1. The molecule has 1 heterocycles. The largest absolute Gasteiger partial charge is 0.391 e. The van der Waals surface area contributed by atoms with Gasteiger partial charge in [-0.05, 0) is 6.07 Å². The summed E-state index contributed by atoms with van der Waals surface area (Å²) in [6.45, 7) is -0.282. The quantitative estimate of drug-likeness (QED) is 0.628. The third-order valence-corrected chi connectivity index (χ3v) is 1.33. The van der Waals surface area contributed by atoms with Crippen LogP contribution in [0.25, 0.3) is 0 Å². The minimum atomic E-state index is -0.299. The molecule has 1 aromatic heterocycles. The number of aromatic nitrogens is 1. The number of aliphatic hydroxyl groups excluding tert-OH is 1. The van der Waals surface area contributed by atoms with E-state index in [0.717, 1.165) is 0 Å². The lowest BCUT2D eigenvalue weighted by molar-refractivity contribution is 0.280. The molecule has 10 heavy (non-hydrogen) atoms. The van der Waals surface area contributed by atoms with Gasteiger partial charge in [-0.15, -0.1) is 0 Å². The van der Waals surface area contributed by atoms with E-state index in [9.17, 15) is 4.79 Å². The van der Waals surface area contributed by atoms with Gasteiger partial charge in [0.25, 0.3) is 5.56 Å². The van der Waals surface area contributed by atoms with Crippen molar-refractivity contribution in [3.05, 3.63) is 33.2 Å². The molecule has 3 nitrogen and oxygen atoms in total. The normalized spacial score (nSPS) is 9.80. The smallest absolute Gasteiger partial charge is 0.253 e. The number of aromatic amines is 1. The SMILES string of the molecule is O=c1[nH]cc(Cl)cc1CO. The number of pyridine rings is 1. The molecule has 4 heteroatoms. The molecule has 54 valence electrons. The standard InChI is InChI=1S/C6H6ClNO2/c7-5-1-4(3-9)6(10)8-2-5/h1-2,9H,3H2,(H,8,10). The average Bonchev–Trinajstić information content (AvgIpc) is 1.94. The maximum absolute atomic E-state index is 10.7. The highest BCUT2D eigenvalue weighted by Crippen LogP contribution is 2.04. The molecule has 0 atom stereocenters. The predicted molar refractivity (Wildman–Crippen MR) is 38.0 cm³/mol. The lowest BCUT2D eigenvalue weighted by Gasteiger charge is -1.93. The van der Waals surface area contributed by atoms with Gasteiger partial charge < -0.3 is 10.1 Å². The lowest BCUT2D eigenvalue weighted by atomic mass is 10.3. The van der Waals surface area contributed by atoms with Crippen molar-refractivity contribution in [3.63, 3.8) is 0 Å². The fourth-order valence-electron chi connectivity index (χ4n) is 0.618. The van der Waals surface area contributed by atoms with Crippen molar-refractivity contribution >= 4 is 11.6 Å². The summed E-state index contributed by atoms with van der Waals surface area (Å²) in [5.41, 5.74) is -0.0144. The zero-order chi connectivity index (χ0) is 7.56. The Balaban J connectivity index is 3.22. The van der Waals surface area contributed by atoms with Crippen LogP contribution >= 0.6 is 11.6 Å². The molecule has 0 saturated carbocycles. The van der Waals surface area contributed by atoms with Crippen molar-refractivity contribution < 1.29 is 5.11 Å². The van der Waals surface area contributed by atoms with E-state index >= 15 is 0 Å². The zero-order valence-electron chi connectivity index (χ0n) is 5.10. The number of halogens is 1. The third-order valence-electron chi connectivity index (χ3n) is 1.12. The van der Waals surface area contributed by atoms with Crippen molar-refractivity contribution in [2.24, 2.45) is 0 Å². The summed E-state index contributed by atoms with van der Waals surface area (Å²) in [5.74, 6) is 0. The first-order valence-corrected chi connectivity index (χ1v) is 3.10. The molecule has 0 saturated heterocycles. The molecule has 1 aromatic rings. The van der Waals surface area contributed by atoms with Crippen molar-refractivity contribution in [3.8, 4) is 0 Å². The summed E-state index contributed by atoms with van der Waals surface area (Å²) in [6.07, 6.45) is 1.38. The van der Waals surface area contributed by atoms with Gasteiger partial charge in [-0.2, -0.15) is 0 Å². The molecule has 0 aliphatic carbocycles. The first-order valence-electron chi connectivity index (χ1n) is 2.72. The number of hydrogen-bond acceptors (Lipinski definition) is 2. The van der Waals surface area contributed by atoms with E-state index in [1.54, 1.807) is 0 Å². The highest BCUT2D eigenvalue weighted by molar-refractivity contribution is 6.30. The van der Waals surface area contributed by atoms with Gasteiger partial charge >= 0.3 is 0 Å². The Morgan fingerprint density at radius 2 is 2.40 bits per heavy atom. The molecule has 0 radical (unpaired) electrons. The lowest BCUT2D eigenvalue weighted by Crippen LogP contribution is -2.10. The van der Waals surface area contributed by atoms with Crippen LogP contribution in [0.2, 0.25) is 5.02 Å². The molecule has 0 fully saturated rings. The van der Waals surface area contributed by atoms with E-state index in [2.05, 4.69) is 4.98 Å². The van der Waals surface area contributed by atoms with Crippen LogP contribution in [0.1, 0.15) is 5.56 Å². The first-order chi connectivity index (χ1) is 4.74. The van der Waals surface area contributed by atoms with E-state index in [1.807, 2.05) is 0 Å². The summed E-state index contributed by atoms with van der Waals surface area (Å²) in [6, 6.07) is 1.43. The molecule has 0 spiro atoms. The molecular weight excluding hydrogens is 154 g/mol. The number of aliphatic hydroxyl groups is 1. The number of nitrogens with one attached hydrogen (secondary N) is 1. The van der Waals surface area contributed by atoms with Gasteiger partial charge in [0.1, 0.15) is 0 Å². The maximum atomic E-state index is 10.7. The fraction of sp³-hybridized carbons (Fsp3) is 0.167. The Morgan fingerprint density at radius 3 is 2.90 bits per heavy atom. The Labute approximate surface area is 62.3 Å².